The van der Waals surface area contributed by atoms with Crippen LogP contribution in [0.15, 0.2) is 78.9 Å². The lowest BCUT2D eigenvalue weighted by molar-refractivity contribution is -0.115. The fourth-order valence-corrected chi connectivity index (χ4v) is 4.15. The van der Waals surface area contributed by atoms with Gasteiger partial charge in [-0.05, 0) is 41.7 Å². The maximum atomic E-state index is 12.8. The number of nitrogens with zero attached hydrogens (tertiary/aromatic N) is 2. The van der Waals surface area contributed by atoms with E-state index < -0.39 is 6.10 Å². The zero-order chi connectivity index (χ0) is 22.8. The molecule has 6 nitrogen and oxygen atoms in total. The lowest BCUT2D eigenvalue weighted by atomic mass is 9.91. The van der Waals surface area contributed by atoms with Crippen LogP contribution in [0.2, 0.25) is 0 Å². The Labute approximate surface area is 191 Å². The number of aliphatic hydroxyl groups excluding tert-OH is 1. The van der Waals surface area contributed by atoms with Crippen molar-refractivity contribution < 1.29 is 15.0 Å². The Bertz CT molecular complexity index is 1300. The molecule has 1 heterocycles. The summed E-state index contributed by atoms with van der Waals surface area (Å²) in [5.41, 5.74) is 5.50. The summed E-state index contributed by atoms with van der Waals surface area (Å²) in [6.45, 7) is 0. The number of carbonyl (C=O) groups excluding carboxylic acids is 1. The second kappa shape index (κ2) is 8.84. The summed E-state index contributed by atoms with van der Waals surface area (Å²) in [4.78, 5) is 22.4. The average Bonchev–Trinajstić information content (AvgIpc) is 2.85. The first-order valence-electron chi connectivity index (χ1n) is 10.9. The van der Waals surface area contributed by atoms with Crippen LogP contribution in [0.4, 0.5) is 5.82 Å². The summed E-state index contributed by atoms with van der Waals surface area (Å²) in [6, 6.07) is 23.8. The van der Waals surface area contributed by atoms with Crippen LogP contribution in [0.25, 0.3) is 11.3 Å². The van der Waals surface area contributed by atoms with Gasteiger partial charge in [0.05, 0.1) is 17.8 Å². The normalized spacial score (nSPS) is 13.0. The van der Waals surface area contributed by atoms with Crippen LogP contribution < -0.4 is 5.32 Å². The molecule has 1 atom stereocenters. The Balaban J connectivity index is 1.53. The van der Waals surface area contributed by atoms with Gasteiger partial charge < -0.3 is 15.5 Å². The fraction of sp³-hybridized carbons (Fsp3) is 0.148. The quantitative estimate of drug-likeness (QED) is 0.435. The van der Waals surface area contributed by atoms with E-state index in [9.17, 15) is 15.0 Å². The number of hydrogen-bond acceptors (Lipinski definition) is 5. The largest absolute Gasteiger partial charge is 0.508 e. The molecule has 1 amide bonds. The number of amides is 1. The number of phenols is 1. The summed E-state index contributed by atoms with van der Waals surface area (Å²) in [5.74, 6) is 0.147. The number of aliphatic hydroxyl groups is 1. The van der Waals surface area contributed by atoms with Crippen LogP contribution in [0, 0.1) is 0 Å². The van der Waals surface area contributed by atoms with Crippen molar-refractivity contribution in [3.8, 4) is 17.0 Å². The van der Waals surface area contributed by atoms with Crippen molar-refractivity contribution in [2.45, 2.75) is 25.4 Å². The number of rotatable bonds is 5. The van der Waals surface area contributed by atoms with Crippen molar-refractivity contribution in [2.24, 2.45) is 0 Å². The summed E-state index contributed by atoms with van der Waals surface area (Å²) < 4.78 is 0. The number of aromatic hydroxyl groups is 1. The Kier molecular flexibility index (Phi) is 5.59. The lowest BCUT2D eigenvalue weighted by Crippen LogP contribution is -2.21. The Morgan fingerprint density at radius 3 is 2.42 bits per heavy atom. The SMILES string of the molecule is O=C(Cc1ccc(O)cc1)Nc1nc2c(nc1C(O)c1ccccc1)-c1ccccc1CC2. The molecule has 1 unspecified atom stereocenters. The third-order valence-electron chi connectivity index (χ3n) is 5.83. The number of nitrogens with one attached hydrogen (secondary N) is 1. The highest BCUT2D eigenvalue weighted by atomic mass is 16.3. The van der Waals surface area contributed by atoms with E-state index in [1.165, 1.54) is 5.56 Å². The predicted octanol–water partition coefficient (Wildman–Crippen LogP) is 4.21. The molecule has 3 N–H and O–H groups in total. The number of hydrogen-bond donors (Lipinski definition) is 3. The molecule has 0 fully saturated rings. The van der Waals surface area contributed by atoms with E-state index in [-0.39, 0.29) is 23.9 Å². The van der Waals surface area contributed by atoms with Gasteiger partial charge in [0, 0.05) is 5.56 Å². The van der Waals surface area contributed by atoms with Crippen LogP contribution in [-0.2, 0) is 24.1 Å². The molecule has 164 valence electrons. The van der Waals surface area contributed by atoms with Gasteiger partial charge in [0.1, 0.15) is 17.5 Å². The number of benzene rings is 3. The molecular formula is C27H23N3O3. The summed E-state index contributed by atoms with van der Waals surface area (Å²) in [5, 5.41) is 23.5. The van der Waals surface area contributed by atoms with E-state index in [0.717, 1.165) is 28.9 Å². The van der Waals surface area contributed by atoms with Crippen LogP contribution in [-0.4, -0.2) is 26.1 Å². The van der Waals surface area contributed by atoms with Gasteiger partial charge in [-0.1, -0.05) is 66.7 Å². The zero-order valence-electron chi connectivity index (χ0n) is 17.9. The maximum Gasteiger partial charge on any atom is 0.229 e. The molecule has 5 rings (SSSR count). The number of aryl methyl sites for hydroxylation is 2. The number of aromatic nitrogens is 2. The zero-order valence-corrected chi connectivity index (χ0v) is 17.9. The molecule has 0 saturated heterocycles. The van der Waals surface area contributed by atoms with Crippen molar-refractivity contribution >= 4 is 11.7 Å². The van der Waals surface area contributed by atoms with E-state index in [2.05, 4.69) is 11.4 Å². The molecule has 33 heavy (non-hydrogen) atoms. The third kappa shape index (κ3) is 4.33. The molecule has 0 radical (unpaired) electrons. The second-order valence-corrected chi connectivity index (χ2v) is 8.11. The molecule has 0 saturated carbocycles. The van der Waals surface area contributed by atoms with Gasteiger partial charge in [0.15, 0.2) is 5.82 Å². The molecule has 0 spiro atoms. The molecule has 1 aliphatic carbocycles. The molecule has 1 aliphatic rings. The van der Waals surface area contributed by atoms with Gasteiger partial charge in [0.25, 0.3) is 0 Å². The topological polar surface area (TPSA) is 95.3 Å². The predicted molar refractivity (Wildman–Crippen MR) is 126 cm³/mol. The van der Waals surface area contributed by atoms with Crippen molar-refractivity contribution in [2.75, 3.05) is 5.32 Å². The molecule has 4 aromatic rings. The molecule has 0 aliphatic heterocycles. The number of anilines is 1. The Hall–Kier alpha value is -4.03. The Morgan fingerprint density at radius 1 is 0.909 bits per heavy atom. The van der Waals surface area contributed by atoms with Crippen LogP contribution in [0.1, 0.15) is 34.2 Å². The van der Waals surface area contributed by atoms with E-state index in [4.69, 9.17) is 9.97 Å². The van der Waals surface area contributed by atoms with Gasteiger partial charge in [-0.3, -0.25) is 4.79 Å². The number of carbonyl (C=O) groups is 1. The first-order valence-corrected chi connectivity index (χ1v) is 10.9. The van der Waals surface area contributed by atoms with Crippen molar-refractivity contribution in [3.05, 3.63) is 107 Å². The Morgan fingerprint density at radius 2 is 1.64 bits per heavy atom. The summed E-state index contributed by atoms with van der Waals surface area (Å²) in [7, 11) is 0. The lowest BCUT2D eigenvalue weighted by Gasteiger charge is -2.22. The minimum Gasteiger partial charge on any atom is -0.508 e. The first-order chi connectivity index (χ1) is 16.1. The number of fused-ring (bicyclic) bond motifs is 3. The average molecular weight is 437 g/mol. The maximum absolute atomic E-state index is 12.8. The van der Waals surface area contributed by atoms with Crippen molar-refractivity contribution in [1.29, 1.82) is 0 Å². The highest BCUT2D eigenvalue weighted by Crippen LogP contribution is 2.35. The number of phenolic OH excluding ortho intramolecular Hbond substituents is 1. The van der Waals surface area contributed by atoms with Gasteiger partial charge in [-0.15, -0.1) is 0 Å². The van der Waals surface area contributed by atoms with Crippen molar-refractivity contribution in [1.82, 2.24) is 9.97 Å². The fourth-order valence-electron chi connectivity index (χ4n) is 4.15. The van der Waals surface area contributed by atoms with E-state index >= 15 is 0 Å². The minimum atomic E-state index is -1.04. The first kappa shape index (κ1) is 20.8. The minimum absolute atomic E-state index is 0.114. The molecule has 3 aromatic carbocycles. The van der Waals surface area contributed by atoms with Crippen LogP contribution >= 0.6 is 0 Å². The standard InChI is InChI=1S/C27H23N3O3/c31-20-13-10-17(11-14-20)16-23(32)29-27-25(26(33)19-7-2-1-3-8-19)30-24-21-9-5-4-6-18(21)12-15-22(24)28-27/h1-11,13-14,26,31,33H,12,15-16H2,(H,28,29,32). The molecule has 6 heteroatoms. The second-order valence-electron chi connectivity index (χ2n) is 8.11. The van der Waals surface area contributed by atoms with E-state index in [1.807, 2.05) is 48.5 Å². The highest BCUT2D eigenvalue weighted by Gasteiger charge is 2.26. The van der Waals surface area contributed by atoms with Gasteiger partial charge in [-0.2, -0.15) is 0 Å². The molecule has 1 aromatic heterocycles. The smallest absolute Gasteiger partial charge is 0.229 e. The summed E-state index contributed by atoms with van der Waals surface area (Å²) in [6.07, 6.45) is 0.631. The molecule has 0 bridgehead atoms. The van der Waals surface area contributed by atoms with Crippen LogP contribution in [0.3, 0.4) is 0 Å². The van der Waals surface area contributed by atoms with Gasteiger partial charge >= 0.3 is 0 Å². The molecular weight excluding hydrogens is 414 g/mol. The van der Waals surface area contributed by atoms with E-state index in [1.54, 1.807) is 24.3 Å². The van der Waals surface area contributed by atoms with Crippen molar-refractivity contribution in [3.63, 3.8) is 0 Å². The third-order valence-corrected chi connectivity index (χ3v) is 5.83. The summed E-state index contributed by atoms with van der Waals surface area (Å²) >= 11 is 0. The highest BCUT2D eigenvalue weighted by molar-refractivity contribution is 5.92. The van der Waals surface area contributed by atoms with Gasteiger partial charge in [-0.25, -0.2) is 9.97 Å². The van der Waals surface area contributed by atoms with Crippen LogP contribution in [0.5, 0.6) is 5.75 Å². The monoisotopic (exact) mass is 437 g/mol. The van der Waals surface area contributed by atoms with E-state index in [0.29, 0.717) is 17.7 Å². The van der Waals surface area contributed by atoms with Gasteiger partial charge in [0.2, 0.25) is 5.91 Å².